The highest BCUT2D eigenvalue weighted by Crippen LogP contribution is 2.31. The van der Waals surface area contributed by atoms with Crippen molar-refractivity contribution in [1.29, 1.82) is 0 Å². The van der Waals surface area contributed by atoms with E-state index in [0.717, 1.165) is 0 Å². The van der Waals surface area contributed by atoms with Crippen LogP contribution in [-0.4, -0.2) is 43.8 Å². The Morgan fingerprint density at radius 2 is 2.06 bits per heavy atom. The molecule has 18 heavy (non-hydrogen) atoms. The van der Waals surface area contributed by atoms with Gasteiger partial charge in [0.2, 0.25) is 0 Å². The lowest BCUT2D eigenvalue weighted by molar-refractivity contribution is -0.142. The molecular weight excluding hydrogens is 234 g/mol. The summed E-state index contributed by atoms with van der Waals surface area (Å²) in [7, 11) is 5.00. The van der Waals surface area contributed by atoms with E-state index in [-0.39, 0.29) is 0 Å². The van der Waals surface area contributed by atoms with E-state index in [9.17, 15) is 9.90 Å². The number of carboxylic acids is 1. The summed E-state index contributed by atoms with van der Waals surface area (Å²) in [6.45, 7) is 2.37. The van der Waals surface area contributed by atoms with Crippen molar-refractivity contribution < 1.29 is 19.4 Å². The SMILES string of the molecule is CCOc1cc(C(C(=O)O)N(C)C)ccc1OC. The Hall–Kier alpha value is -1.75. The fourth-order valence-corrected chi connectivity index (χ4v) is 1.79. The van der Waals surface area contributed by atoms with Gasteiger partial charge in [0.1, 0.15) is 6.04 Å². The van der Waals surface area contributed by atoms with Crippen LogP contribution in [0.3, 0.4) is 0 Å². The van der Waals surface area contributed by atoms with Crippen LogP contribution in [0.25, 0.3) is 0 Å². The van der Waals surface area contributed by atoms with Crippen LogP contribution >= 0.6 is 0 Å². The molecule has 0 saturated carbocycles. The zero-order valence-corrected chi connectivity index (χ0v) is 11.1. The third-order valence-electron chi connectivity index (χ3n) is 2.55. The van der Waals surface area contributed by atoms with E-state index in [4.69, 9.17) is 9.47 Å². The number of carbonyl (C=O) groups is 1. The van der Waals surface area contributed by atoms with Crippen molar-refractivity contribution in [3.63, 3.8) is 0 Å². The molecule has 0 aliphatic rings. The third-order valence-corrected chi connectivity index (χ3v) is 2.55. The molecule has 1 N–H and O–H groups in total. The number of likely N-dealkylation sites (N-methyl/N-ethyl adjacent to an activating group) is 1. The quantitative estimate of drug-likeness (QED) is 0.837. The Labute approximate surface area is 107 Å². The maximum Gasteiger partial charge on any atom is 0.325 e. The largest absolute Gasteiger partial charge is 0.493 e. The van der Waals surface area contributed by atoms with Gasteiger partial charge in [0.25, 0.3) is 0 Å². The normalized spacial score (nSPS) is 12.3. The van der Waals surface area contributed by atoms with E-state index >= 15 is 0 Å². The number of hydrogen-bond acceptors (Lipinski definition) is 4. The number of carboxylic acid groups (broad SMARTS) is 1. The molecule has 1 aromatic rings. The van der Waals surface area contributed by atoms with E-state index < -0.39 is 12.0 Å². The molecule has 1 rings (SSSR count). The number of nitrogens with zero attached hydrogens (tertiary/aromatic N) is 1. The van der Waals surface area contributed by atoms with E-state index in [1.807, 2.05) is 6.92 Å². The Morgan fingerprint density at radius 3 is 2.50 bits per heavy atom. The highest BCUT2D eigenvalue weighted by Gasteiger charge is 2.23. The molecule has 1 aromatic carbocycles. The number of aliphatic carboxylic acids is 1. The van der Waals surface area contributed by atoms with Crippen LogP contribution in [0.15, 0.2) is 18.2 Å². The van der Waals surface area contributed by atoms with Crippen molar-refractivity contribution in [3.05, 3.63) is 23.8 Å². The highest BCUT2D eigenvalue weighted by atomic mass is 16.5. The van der Waals surface area contributed by atoms with Gasteiger partial charge in [-0.15, -0.1) is 0 Å². The Kier molecular flexibility index (Phi) is 4.97. The molecule has 1 atom stereocenters. The Balaban J connectivity index is 3.16. The molecule has 0 radical (unpaired) electrons. The molecule has 0 aliphatic heterocycles. The maximum absolute atomic E-state index is 11.3. The van der Waals surface area contributed by atoms with Gasteiger partial charge in [0.05, 0.1) is 13.7 Å². The summed E-state index contributed by atoms with van der Waals surface area (Å²) in [6.07, 6.45) is 0. The van der Waals surface area contributed by atoms with Crippen molar-refractivity contribution in [3.8, 4) is 11.5 Å². The third kappa shape index (κ3) is 3.13. The van der Waals surface area contributed by atoms with Gasteiger partial charge in [-0.1, -0.05) is 6.07 Å². The number of rotatable bonds is 6. The summed E-state index contributed by atoms with van der Waals surface area (Å²) in [4.78, 5) is 12.9. The Morgan fingerprint density at radius 1 is 1.39 bits per heavy atom. The monoisotopic (exact) mass is 253 g/mol. The van der Waals surface area contributed by atoms with E-state index in [1.54, 1.807) is 44.3 Å². The number of hydrogen-bond donors (Lipinski definition) is 1. The van der Waals surface area contributed by atoms with Gasteiger partial charge in [-0.3, -0.25) is 9.69 Å². The molecule has 0 fully saturated rings. The maximum atomic E-state index is 11.3. The molecule has 0 saturated heterocycles. The molecule has 0 amide bonds. The summed E-state index contributed by atoms with van der Waals surface area (Å²) < 4.78 is 10.6. The smallest absolute Gasteiger partial charge is 0.325 e. The van der Waals surface area contributed by atoms with Crippen molar-refractivity contribution in [2.75, 3.05) is 27.8 Å². The topological polar surface area (TPSA) is 59.0 Å². The summed E-state index contributed by atoms with van der Waals surface area (Å²) in [5.41, 5.74) is 0.664. The second kappa shape index (κ2) is 6.26. The van der Waals surface area contributed by atoms with Gasteiger partial charge in [-0.2, -0.15) is 0 Å². The molecule has 0 spiro atoms. The van der Waals surface area contributed by atoms with Gasteiger partial charge < -0.3 is 14.6 Å². The number of methoxy groups -OCH3 is 1. The molecule has 5 nitrogen and oxygen atoms in total. The zero-order chi connectivity index (χ0) is 13.7. The van der Waals surface area contributed by atoms with Crippen LogP contribution in [0.5, 0.6) is 11.5 Å². The minimum atomic E-state index is -0.896. The van der Waals surface area contributed by atoms with Gasteiger partial charge in [-0.25, -0.2) is 0 Å². The predicted molar refractivity (Wildman–Crippen MR) is 68.2 cm³/mol. The van der Waals surface area contributed by atoms with Crippen LogP contribution in [0.2, 0.25) is 0 Å². The molecule has 100 valence electrons. The van der Waals surface area contributed by atoms with Crippen molar-refractivity contribution in [2.45, 2.75) is 13.0 Å². The molecule has 0 aromatic heterocycles. The summed E-state index contributed by atoms with van der Waals surface area (Å²) in [6, 6.07) is 4.47. The highest BCUT2D eigenvalue weighted by molar-refractivity contribution is 5.76. The van der Waals surface area contributed by atoms with Crippen LogP contribution in [-0.2, 0) is 4.79 Å². The first-order chi connectivity index (χ1) is 8.51. The van der Waals surface area contributed by atoms with Crippen LogP contribution in [0.1, 0.15) is 18.5 Å². The molecule has 0 bridgehead atoms. The van der Waals surface area contributed by atoms with Gasteiger partial charge in [0, 0.05) is 0 Å². The average Bonchev–Trinajstić information content (AvgIpc) is 2.29. The average molecular weight is 253 g/mol. The standard InChI is InChI=1S/C13H19NO4/c1-5-18-11-8-9(6-7-10(11)17-4)12(13(15)16)14(2)3/h6-8,12H,5H2,1-4H3,(H,15,16). The first-order valence-electron chi connectivity index (χ1n) is 5.71. The van der Waals surface area contributed by atoms with Crippen LogP contribution in [0, 0.1) is 0 Å². The van der Waals surface area contributed by atoms with Gasteiger partial charge in [-0.05, 0) is 38.7 Å². The predicted octanol–water partition coefficient (Wildman–Crippen LogP) is 1.78. The molecule has 1 unspecified atom stereocenters. The molecular formula is C13H19NO4. The fourth-order valence-electron chi connectivity index (χ4n) is 1.79. The van der Waals surface area contributed by atoms with Crippen molar-refractivity contribution >= 4 is 5.97 Å². The van der Waals surface area contributed by atoms with Crippen molar-refractivity contribution in [2.24, 2.45) is 0 Å². The van der Waals surface area contributed by atoms with Crippen molar-refractivity contribution in [1.82, 2.24) is 4.90 Å². The number of ether oxygens (including phenoxy) is 2. The number of benzene rings is 1. The van der Waals surface area contributed by atoms with E-state index in [2.05, 4.69) is 0 Å². The minimum Gasteiger partial charge on any atom is -0.493 e. The second-order valence-electron chi connectivity index (χ2n) is 4.05. The summed E-state index contributed by atoms with van der Waals surface area (Å²) in [5, 5.41) is 9.23. The van der Waals surface area contributed by atoms with Crippen LogP contribution < -0.4 is 9.47 Å². The molecule has 5 heteroatoms. The Bertz CT molecular complexity index is 417. The van der Waals surface area contributed by atoms with Crippen LogP contribution in [0.4, 0.5) is 0 Å². The zero-order valence-electron chi connectivity index (χ0n) is 11.1. The van der Waals surface area contributed by atoms with Gasteiger partial charge >= 0.3 is 5.97 Å². The first kappa shape index (κ1) is 14.3. The van der Waals surface area contributed by atoms with E-state index in [1.165, 1.54) is 0 Å². The summed E-state index contributed by atoms with van der Waals surface area (Å²) >= 11 is 0. The second-order valence-corrected chi connectivity index (χ2v) is 4.05. The molecule has 0 aliphatic carbocycles. The lowest BCUT2D eigenvalue weighted by Crippen LogP contribution is -2.27. The summed E-state index contributed by atoms with van der Waals surface area (Å²) in [5.74, 6) is 0.265. The molecule has 0 heterocycles. The van der Waals surface area contributed by atoms with E-state index in [0.29, 0.717) is 23.7 Å². The minimum absolute atomic E-state index is 0.500. The first-order valence-corrected chi connectivity index (χ1v) is 5.71. The lowest BCUT2D eigenvalue weighted by Gasteiger charge is -2.21. The van der Waals surface area contributed by atoms with Gasteiger partial charge in [0.15, 0.2) is 11.5 Å². The lowest BCUT2D eigenvalue weighted by atomic mass is 10.1. The fraction of sp³-hybridized carbons (Fsp3) is 0.462.